The van der Waals surface area contributed by atoms with E-state index in [-0.39, 0.29) is 0 Å². The summed E-state index contributed by atoms with van der Waals surface area (Å²) in [6.45, 7) is 2.79. The number of hydrogen-bond acceptors (Lipinski definition) is 5. The lowest BCUT2D eigenvalue weighted by molar-refractivity contribution is -0.139. The highest BCUT2D eigenvalue weighted by Crippen LogP contribution is 2.27. The maximum absolute atomic E-state index is 11.8. The predicted molar refractivity (Wildman–Crippen MR) is 116 cm³/mol. The number of hydrazone groups is 1. The highest BCUT2D eigenvalue weighted by atomic mass is 35.5. The van der Waals surface area contributed by atoms with Gasteiger partial charge in [0, 0.05) is 47.2 Å². The van der Waals surface area contributed by atoms with Crippen LogP contribution in [-0.4, -0.2) is 38.3 Å². The van der Waals surface area contributed by atoms with Gasteiger partial charge in [0.05, 0.1) is 6.21 Å². The summed E-state index contributed by atoms with van der Waals surface area (Å²) in [5, 5.41) is 10.7. The normalized spacial score (nSPS) is 10.8. The molecule has 0 atom stereocenters. The second kappa shape index (κ2) is 11.4. The molecular formula is C20H22Cl2N4O3. The molecule has 0 aliphatic rings. The first-order chi connectivity index (χ1) is 13.9. The Morgan fingerprint density at radius 3 is 2.55 bits per heavy atom. The molecule has 0 saturated carbocycles. The molecule has 0 radical (unpaired) electrons. The van der Waals surface area contributed by atoms with Crippen LogP contribution in [0.5, 0.6) is 0 Å². The SMILES string of the molecule is COCCCNC(=O)C(=O)N/N=C\c1cc(Cl)ccc1Nc1cc(Cl)ccc1C. The van der Waals surface area contributed by atoms with E-state index in [1.54, 1.807) is 25.3 Å². The predicted octanol–water partition coefficient (Wildman–Crippen LogP) is 3.65. The first-order valence-electron chi connectivity index (χ1n) is 8.83. The van der Waals surface area contributed by atoms with Crippen LogP contribution in [0.1, 0.15) is 17.5 Å². The summed E-state index contributed by atoms with van der Waals surface area (Å²) in [6, 6.07) is 10.7. The molecular weight excluding hydrogens is 415 g/mol. The number of rotatable bonds is 8. The number of carbonyl (C=O) groups is 2. The minimum absolute atomic E-state index is 0.338. The van der Waals surface area contributed by atoms with Crippen LogP contribution in [0.15, 0.2) is 41.5 Å². The van der Waals surface area contributed by atoms with E-state index in [0.29, 0.717) is 40.9 Å². The van der Waals surface area contributed by atoms with Crippen LogP contribution in [0.3, 0.4) is 0 Å². The van der Waals surface area contributed by atoms with Crippen LogP contribution in [0.25, 0.3) is 0 Å². The van der Waals surface area contributed by atoms with Crippen molar-refractivity contribution in [2.45, 2.75) is 13.3 Å². The Morgan fingerprint density at radius 1 is 1.07 bits per heavy atom. The van der Waals surface area contributed by atoms with Crippen molar-refractivity contribution in [3.8, 4) is 0 Å². The van der Waals surface area contributed by atoms with Gasteiger partial charge in [0.2, 0.25) is 0 Å². The van der Waals surface area contributed by atoms with E-state index in [9.17, 15) is 9.59 Å². The average molecular weight is 437 g/mol. The summed E-state index contributed by atoms with van der Waals surface area (Å²) in [5.74, 6) is -1.63. The number of hydrogen-bond donors (Lipinski definition) is 3. The minimum atomic E-state index is -0.860. The highest BCUT2D eigenvalue weighted by molar-refractivity contribution is 6.35. The van der Waals surface area contributed by atoms with Crippen LogP contribution >= 0.6 is 23.2 Å². The third-order valence-corrected chi connectivity index (χ3v) is 4.34. The van der Waals surface area contributed by atoms with Crippen molar-refractivity contribution in [2.75, 3.05) is 25.6 Å². The number of methoxy groups -OCH3 is 1. The minimum Gasteiger partial charge on any atom is -0.385 e. The third-order valence-electron chi connectivity index (χ3n) is 3.87. The van der Waals surface area contributed by atoms with Crippen molar-refractivity contribution in [2.24, 2.45) is 5.10 Å². The summed E-state index contributed by atoms with van der Waals surface area (Å²) < 4.78 is 4.88. The fourth-order valence-electron chi connectivity index (χ4n) is 2.34. The molecule has 0 spiro atoms. The zero-order valence-electron chi connectivity index (χ0n) is 16.1. The molecule has 2 aromatic rings. The van der Waals surface area contributed by atoms with E-state index in [2.05, 4.69) is 21.2 Å². The monoisotopic (exact) mass is 436 g/mol. The fourth-order valence-corrected chi connectivity index (χ4v) is 2.69. The molecule has 0 saturated heterocycles. The number of ether oxygens (including phenoxy) is 1. The summed E-state index contributed by atoms with van der Waals surface area (Å²) in [6.07, 6.45) is 2.02. The number of aryl methyl sites for hydroxylation is 1. The molecule has 3 N–H and O–H groups in total. The Labute approximate surface area is 179 Å². The molecule has 0 unspecified atom stereocenters. The van der Waals surface area contributed by atoms with Crippen LogP contribution in [0, 0.1) is 6.92 Å². The first kappa shape index (κ1) is 22.7. The van der Waals surface area contributed by atoms with Crippen LogP contribution in [0.4, 0.5) is 11.4 Å². The van der Waals surface area contributed by atoms with Gasteiger partial charge in [0.1, 0.15) is 0 Å². The van der Waals surface area contributed by atoms with E-state index >= 15 is 0 Å². The van der Waals surface area contributed by atoms with Gasteiger partial charge in [-0.1, -0.05) is 29.3 Å². The molecule has 0 bridgehead atoms. The maximum Gasteiger partial charge on any atom is 0.329 e. The second-order valence-electron chi connectivity index (χ2n) is 6.12. The van der Waals surface area contributed by atoms with Gasteiger partial charge < -0.3 is 15.4 Å². The number of nitrogens with one attached hydrogen (secondary N) is 3. The largest absolute Gasteiger partial charge is 0.385 e. The quantitative estimate of drug-likeness (QED) is 0.255. The molecule has 2 rings (SSSR count). The molecule has 29 heavy (non-hydrogen) atoms. The summed E-state index contributed by atoms with van der Waals surface area (Å²) in [4.78, 5) is 23.5. The maximum atomic E-state index is 11.8. The molecule has 7 nitrogen and oxygen atoms in total. The van der Waals surface area contributed by atoms with Crippen LogP contribution in [0.2, 0.25) is 10.0 Å². The zero-order valence-corrected chi connectivity index (χ0v) is 17.6. The Morgan fingerprint density at radius 2 is 1.79 bits per heavy atom. The summed E-state index contributed by atoms with van der Waals surface area (Å²) in [7, 11) is 1.57. The Kier molecular flexibility index (Phi) is 8.92. The van der Waals surface area contributed by atoms with Gasteiger partial charge in [-0.05, 0) is 49.2 Å². The molecule has 0 aromatic heterocycles. The van der Waals surface area contributed by atoms with Gasteiger partial charge in [0.15, 0.2) is 0 Å². The van der Waals surface area contributed by atoms with Crippen LogP contribution in [-0.2, 0) is 14.3 Å². The van der Waals surface area contributed by atoms with Gasteiger partial charge in [0.25, 0.3) is 0 Å². The smallest absolute Gasteiger partial charge is 0.329 e. The highest BCUT2D eigenvalue weighted by Gasteiger charge is 2.11. The summed E-state index contributed by atoms with van der Waals surface area (Å²) in [5.41, 5.74) is 5.36. The Bertz CT molecular complexity index is 903. The summed E-state index contributed by atoms with van der Waals surface area (Å²) >= 11 is 12.1. The van der Waals surface area contributed by atoms with Crippen molar-refractivity contribution in [1.29, 1.82) is 0 Å². The van der Waals surface area contributed by atoms with Gasteiger partial charge in [-0.3, -0.25) is 9.59 Å². The van der Waals surface area contributed by atoms with Gasteiger partial charge in [-0.2, -0.15) is 5.10 Å². The zero-order chi connectivity index (χ0) is 21.2. The van der Waals surface area contributed by atoms with Gasteiger partial charge in [-0.25, -0.2) is 5.43 Å². The topological polar surface area (TPSA) is 91.8 Å². The second-order valence-corrected chi connectivity index (χ2v) is 6.99. The third kappa shape index (κ3) is 7.38. The van der Waals surface area contributed by atoms with Crippen molar-refractivity contribution in [1.82, 2.24) is 10.7 Å². The van der Waals surface area contributed by atoms with E-state index in [1.807, 2.05) is 25.1 Å². The molecule has 9 heteroatoms. The van der Waals surface area contributed by atoms with Crippen LogP contribution < -0.4 is 16.1 Å². The lowest BCUT2D eigenvalue weighted by Gasteiger charge is -2.12. The Balaban J connectivity index is 2.04. The Hall–Kier alpha value is -2.61. The lowest BCUT2D eigenvalue weighted by atomic mass is 10.1. The average Bonchev–Trinajstić information content (AvgIpc) is 2.69. The standard InChI is InChI=1S/C20H22Cl2N4O3/c1-13-4-5-16(22)11-18(13)25-17-7-6-15(21)10-14(17)12-24-26-20(28)19(27)23-8-3-9-29-2/h4-7,10-12,25H,3,8-9H2,1-2H3,(H,23,27)(H,26,28)/b24-12-. The van der Waals surface area contributed by atoms with Crippen molar-refractivity contribution in [3.63, 3.8) is 0 Å². The molecule has 0 heterocycles. The number of anilines is 2. The number of amides is 2. The molecule has 2 amide bonds. The lowest BCUT2D eigenvalue weighted by Crippen LogP contribution is -2.38. The fraction of sp³-hybridized carbons (Fsp3) is 0.250. The molecule has 0 aliphatic heterocycles. The number of benzene rings is 2. The van der Waals surface area contributed by atoms with Gasteiger partial charge in [-0.15, -0.1) is 0 Å². The van der Waals surface area contributed by atoms with Crippen molar-refractivity contribution >= 4 is 52.6 Å². The number of carbonyl (C=O) groups excluding carboxylic acids is 2. The van der Waals surface area contributed by atoms with Crippen molar-refractivity contribution in [3.05, 3.63) is 57.6 Å². The molecule has 2 aromatic carbocycles. The van der Waals surface area contributed by atoms with E-state index in [4.69, 9.17) is 27.9 Å². The molecule has 154 valence electrons. The first-order valence-corrected chi connectivity index (χ1v) is 9.59. The van der Waals surface area contributed by atoms with Gasteiger partial charge >= 0.3 is 11.8 Å². The van der Waals surface area contributed by atoms with Crippen molar-refractivity contribution < 1.29 is 14.3 Å². The molecule has 0 aliphatic carbocycles. The number of nitrogens with zero attached hydrogens (tertiary/aromatic N) is 1. The number of halogens is 2. The molecule has 0 fully saturated rings. The van der Waals surface area contributed by atoms with E-state index < -0.39 is 11.8 Å². The van der Waals surface area contributed by atoms with E-state index in [1.165, 1.54) is 6.21 Å². The van der Waals surface area contributed by atoms with E-state index in [0.717, 1.165) is 11.3 Å².